The molecule has 120 valence electrons. The molecule has 5 heteroatoms. The fraction of sp³-hybridized carbons (Fsp3) is 0.211. The molecule has 0 spiro atoms. The largest absolute Gasteiger partial charge is 0.494 e. The van der Waals surface area contributed by atoms with Gasteiger partial charge in [0.1, 0.15) is 23.8 Å². The Balaban J connectivity index is 1.80. The van der Waals surface area contributed by atoms with Crippen LogP contribution in [0.25, 0.3) is 0 Å². The number of nitrogens with zero attached hydrogens (tertiary/aromatic N) is 4. The van der Waals surface area contributed by atoms with Crippen molar-refractivity contribution in [2.45, 2.75) is 18.4 Å². The lowest BCUT2D eigenvalue weighted by molar-refractivity contribution is 0.264. The molecule has 1 atom stereocenters. The van der Waals surface area contributed by atoms with E-state index in [0.29, 0.717) is 19.6 Å². The first-order valence-corrected chi connectivity index (χ1v) is 7.79. The van der Waals surface area contributed by atoms with Crippen molar-refractivity contribution in [2.24, 2.45) is 0 Å². The van der Waals surface area contributed by atoms with Gasteiger partial charge in [-0.25, -0.2) is 4.98 Å². The molecule has 0 aliphatic carbocycles. The minimum atomic E-state index is -0.719. The van der Waals surface area contributed by atoms with Gasteiger partial charge in [-0.1, -0.05) is 48.5 Å². The van der Waals surface area contributed by atoms with E-state index in [1.807, 2.05) is 60.7 Å². The summed E-state index contributed by atoms with van der Waals surface area (Å²) in [7, 11) is 0. The summed E-state index contributed by atoms with van der Waals surface area (Å²) in [6, 6.07) is 21.9. The van der Waals surface area contributed by atoms with Crippen LogP contribution in [0.15, 0.2) is 73.3 Å². The third-order valence-corrected chi connectivity index (χ3v) is 3.98. The normalized spacial score (nSPS) is 13.0. The summed E-state index contributed by atoms with van der Waals surface area (Å²) in [5.41, 5.74) is 0.240. The molecule has 1 aromatic heterocycles. The number of hydrogen-bond donors (Lipinski definition) is 0. The highest BCUT2D eigenvalue weighted by Gasteiger charge is 2.33. The average molecular weight is 318 g/mol. The minimum Gasteiger partial charge on any atom is -0.494 e. The van der Waals surface area contributed by atoms with Crippen molar-refractivity contribution in [1.82, 2.24) is 14.8 Å². The summed E-state index contributed by atoms with van der Waals surface area (Å²) in [6.45, 7) is 0.882. The van der Waals surface area contributed by atoms with Crippen LogP contribution in [0.1, 0.15) is 12.0 Å². The number of para-hydroxylation sites is 1. The number of ether oxygens (including phenoxy) is 1. The van der Waals surface area contributed by atoms with E-state index in [2.05, 4.69) is 16.2 Å². The van der Waals surface area contributed by atoms with Crippen molar-refractivity contribution >= 4 is 0 Å². The quantitative estimate of drug-likeness (QED) is 0.671. The first kappa shape index (κ1) is 15.8. The maximum atomic E-state index is 9.96. The van der Waals surface area contributed by atoms with E-state index in [1.54, 1.807) is 11.0 Å². The topological polar surface area (TPSA) is 63.7 Å². The Kier molecular flexibility index (Phi) is 4.87. The summed E-state index contributed by atoms with van der Waals surface area (Å²) in [4.78, 5) is 3.97. The summed E-state index contributed by atoms with van der Waals surface area (Å²) in [5, 5.41) is 14.1. The van der Waals surface area contributed by atoms with Crippen LogP contribution in [0.4, 0.5) is 0 Å². The lowest BCUT2D eigenvalue weighted by Gasteiger charge is -2.27. The lowest BCUT2D eigenvalue weighted by atomic mass is 9.79. The zero-order valence-electron chi connectivity index (χ0n) is 13.2. The predicted molar refractivity (Wildman–Crippen MR) is 90.3 cm³/mol. The molecule has 0 aliphatic rings. The monoisotopic (exact) mass is 318 g/mol. The second-order valence-corrected chi connectivity index (χ2v) is 5.56. The molecular formula is C19H18N4O. The molecule has 2 aromatic carbocycles. The molecule has 0 saturated carbocycles. The number of hydrogen-bond acceptors (Lipinski definition) is 4. The van der Waals surface area contributed by atoms with E-state index < -0.39 is 5.41 Å². The van der Waals surface area contributed by atoms with Gasteiger partial charge in [-0.15, -0.1) is 0 Å². The highest BCUT2D eigenvalue weighted by Crippen LogP contribution is 2.29. The maximum absolute atomic E-state index is 9.96. The Morgan fingerprint density at radius 1 is 1.04 bits per heavy atom. The van der Waals surface area contributed by atoms with Crippen molar-refractivity contribution in [3.63, 3.8) is 0 Å². The smallest absolute Gasteiger partial charge is 0.137 e. The second kappa shape index (κ2) is 7.42. The van der Waals surface area contributed by atoms with Crippen molar-refractivity contribution in [3.8, 4) is 11.8 Å². The molecule has 0 saturated heterocycles. The van der Waals surface area contributed by atoms with Gasteiger partial charge in [0.15, 0.2) is 0 Å². The highest BCUT2D eigenvalue weighted by atomic mass is 16.5. The molecule has 0 amide bonds. The maximum Gasteiger partial charge on any atom is 0.137 e. The standard InChI is InChI=1S/C19H18N4O/c20-13-19(14-23-16-21-15-22-23,17-7-3-1-4-8-17)11-12-24-18-9-5-2-6-10-18/h1-10,15-16H,11-12,14H2. The molecule has 3 rings (SSSR count). The van der Waals surface area contributed by atoms with Gasteiger partial charge in [0.05, 0.1) is 19.2 Å². The van der Waals surface area contributed by atoms with Crippen molar-refractivity contribution in [2.75, 3.05) is 6.61 Å². The van der Waals surface area contributed by atoms with Gasteiger partial charge >= 0.3 is 0 Å². The first-order chi connectivity index (χ1) is 11.8. The van der Waals surface area contributed by atoms with Gasteiger partial charge in [-0.2, -0.15) is 10.4 Å². The fourth-order valence-electron chi connectivity index (χ4n) is 2.68. The Bertz CT molecular complexity index is 781. The van der Waals surface area contributed by atoms with Crippen LogP contribution in [0, 0.1) is 11.3 Å². The number of nitriles is 1. The predicted octanol–water partition coefficient (Wildman–Crippen LogP) is 3.21. The third kappa shape index (κ3) is 3.61. The molecule has 0 fully saturated rings. The number of rotatable bonds is 7. The van der Waals surface area contributed by atoms with Crippen molar-refractivity contribution < 1.29 is 4.74 Å². The van der Waals surface area contributed by atoms with E-state index in [1.165, 1.54) is 6.33 Å². The molecule has 0 aliphatic heterocycles. The van der Waals surface area contributed by atoms with Crippen LogP contribution in [0.2, 0.25) is 0 Å². The SMILES string of the molecule is N#CC(CCOc1ccccc1)(Cn1cncn1)c1ccccc1. The Morgan fingerprint density at radius 3 is 2.38 bits per heavy atom. The van der Waals surface area contributed by atoms with Gasteiger partial charge in [-0.3, -0.25) is 4.68 Å². The molecule has 0 bridgehead atoms. The van der Waals surface area contributed by atoms with Gasteiger partial charge in [-0.05, 0) is 17.7 Å². The van der Waals surface area contributed by atoms with Crippen LogP contribution >= 0.6 is 0 Å². The highest BCUT2D eigenvalue weighted by molar-refractivity contribution is 5.32. The van der Waals surface area contributed by atoms with Crippen molar-refractivity contribution in [1.29, 1.82) is 5.26 Å². The van der Waals surface area contributed by atoms with Crippen LogP contribution in [-0.4, -0.2) is 21.4 Å². The van der Waals surface area contributed by atoms with Gasteiger partial charge in [0.2, 0.25) is 0 Å². The summed E-state index contributed by atoms with van der Waals surface area (Å²) >= 11 is 0. The van der Waals surface area contributed by atoms with Gasteiger partial charge < -0.3 is 4.74 Å². The van der Waals surface area contributed by atoms with Crippen LogP contribution in [0.5, 0.6) is 5.75 Å². The third-order valence-electron chi connectivity index (χ3n) is 3.98. The summed E-state index contributed by atoms with van der Waals surface area (Å²) in [5.74, 6) is 0.804. The zero-order chi connectivity index (χ0) is 16.7. The Hall–Kier alpha value is -3.13. The number of benzene rings is 2. The van der Waals surface area contributed by atoms with Crippen molar-refractivity contribution in [3.05, 3.63) is 78.9 Å². The van der Waals surface area contributed by atoms with Crippen LogP contribution in [-0.2, 0) is 12.0 Å². The van der Waals surface area contributed by atoms with E-state index >= 15 is 0 Å². The van der Waals surface area contributed by atoms with E-state index in [4.69, 9.17) is 4.74 Å². The fourth-order valence-corrected chi connectivity index (χ4v) is 2.68. The second-order valence-electron chi connectivity index (χ2n) is 5.56. The summed E-state index contributed by atoms with van der Waals surface area (Å²) < 4.78 is 7.50. The zero-order valence-corrected chi connectivity index (χ0v) is 13.2. The number of aromatic nitrogens is 3. The molecule has 1 unspecified atom stereocenters. The van der Waals surface area contributed by atoms with Gasteiger partial charge in [0, 0.05) is 6.42 Å². The Morgan fingerprint density at radius 2 is 1.75 bits per heavy atom. The van der Waals surface area contributed by atoms with E-state index in [0.717, 1.165) is 11.3 Å². The molecular weight excluding hydrogens is 300 g/mol. The lowest BCUT2D eigenvalue weighted by Crippen LogP contribution is -2.32. The Labute approximate surface area is 141 Å². The minimum absolute atomic E-state index is 0.436. The van der Waals surface area contributed by atoms with E-state index in [9.17, 15) is 5.26 Å². The molecule has 24 heavy (non-hydrogen) atoms. The first-order valence-electron chi connectivity index (χ1n) is 7.79. The molecule has 1 heterocycles. The molecule has 3 aromatic rings. The van der Waals surface area contributed by atoms with E-state index in [-0.39, 0.29) is 0 Å². The van der Waals surface area contributed by atoms with Gasteiger partial charge in [0.25, 0.3) is 0 Å². The summed E-state index contributed by atoms with van der Waals surface area (Å²) in [6.07, 6.45) is 3.67. The molecule has 0 radical (unpaired) electrons. The van der Waals surface area contributed by atoms with Crippen LogP contribution in [0.3, 0.4) is 0 Å². The van der Waals surface area contributed by atoms with Crippen LogP contribution < -0.4 is 4.74 Å². The average Bonchev–Trinajstić information content (AvgIpc) is 3.15. The molecule has 0 N–H and O–H groups in total. The molecule has 5 nitrogen and oxygen atoms in total.